The molecule has 1 saturated heterocycles. The number of carbonyl (C=O) groups is 2. The van der Waals surface area contributed by atoms with Crippen molar-refractivity contribution in [3.05, 3.63) is 29.8 Å². The molecule has 0 atom stereocenters. The highest BCUT2D eigenvalue weighted by molar-refractivity contribution is 6.04. The van der Waals surface area contributed by atoms with Crippen molar-refractivity contribution in [2.45, 2.75) is 13.8 Å². The molecule has 84 valence electrons. The molecule has 4 nitrogen and oxygen atoms in total. The summed E-state index contributed by atoms with van der Waals surface area (Å²) in [5.74, 6) is -1.14. The van der Waals surface area contributed by atoms with Crippen LogP contribution < -0.4 is 10.0 Å². The number of benzene rings is 1. The summed E-state index contributed by atoms with van der Waals surface area (Å²) in [7, 11) is 0. The molecule has 16 heavy (non-hydrogen) atoms. The second-order valence-electron chi connectivity index (χ2n) is 4.61. The Morgan fingerprint density at radius 1 is 1.31 bits per heavy atom. The van der Waals surface area contributed by atoms with E-state index in [4.69, 9.17) is 0 Å². The Morgan fingerprint density at radius 2 is 1.88 bits per heavy atom. The summed E-state index contributed by atoms with van der Waals surface area (Å²) in [5.41, 5.74) is 0.554. The van der Waals surface area contributed by atoms with E-state index in [0.717, 1.165) is 5.69 Å². The molecule has 0 unspecified atom stereocenters. The third-order valence-corrected chi connectivity index (χ3v) is 2.79. The van der Waals surface area contributed by atoms with Crippen molar-refractivity contribution in [3.63, 3.8) is 0 Å². The van der Waals surface area contributed by atoms with Gasteiger partial charge in [-0.2, -0.15) is 0 Å². The largest absolute Gasteiger partial charge is 0.545 e. The lowest BCUT2D eigenvalue weighted by Crippen LogP contribution is -2.58. The van der Waals surface area contributed by atoms with Crippen molar-refractivity contribution < 1.29 is 14.7 Å². The number of hydrogen-bond acceptors (Lipinski definition) is 3. The number of carbonyl (C=O) groups excluding carboxylic acids is 2. The molecule has 1 aliphatic rings. The van der Waals surface area contributed by atoms with Crippen LogP contribution in [0, 0.1) is 5.41 Å². The molecule has 1 aliphatic heterocycles. The van der Waals surface area contributed by atoms with Gasteiger partial charge in [0.25, 0.3) is 0 Å². The van der Waals surface area contributed by atoms with E-state index in [1.54, 1.807) is 17.0 Å². The summed E-state index contributed by atoms with van der Waals surface area (Å²) >= 11 is 0. The summed E-state index contributed by atoms with van der Waals surface area (Å²) in [5, 5.41) is 10.5. The molecule has 0 aromatic heterocycles. The molecule has 0 radical (unpaired) electrons. The number of nitrogens with zero attached hydrogens (tertiary/aromatic N) is 1. The zero-order chi connectivity index (χ0) is 11.9. The molecular weight excluding hydrogens is 206 g/mol. The second-order valence-corrected chi connectivity index (χ2v) is 4.61. The highest BCUT2D eigenvalue weighted by atomic mass is 16.4. The number of anilines is 1. The van der Waals surface area contributed by atoms with Gasteiger partial charge in [-0.25, -0.2) is 0 Å². The van der Waals surface area contributed by atoms with Crippen LogP contribution in [0.2, 0.25) is 0 Å². The van der Waals surface area contributed by atoms with Crippen molar-refractivity contribution in [2.75, 3.05) is 11.4 Å². The van der Waals surface area contributed by atoms with E-state index in [2.05, 4.69) is 0 Å². The van der Waals surface area contributed by atoms with E-state index in [9.17, 15) is 14.7 Å². The van der Waals surface area contributed by atoms with Gasteiger partial charge in [-0.3, -0.25) is 4.79 Å². The first-order chi connectivity index (χ1) is 7.42. The van der Waals surface area contributed by atoms with Gasteiger partial charge in [0, 0.05) is 12.2 Å². The van der Waals surface area contributed by atoms with Gasteiger partial charge in [0.15, 0.2) is 0 Å². The number of hydrogen-bond donors (Lipinski definition) is 0. The number of aromatic carboxylic acids is 1. The van der Waals surface area contributed by atoms with Gasteiger partial charge in [0.1, 0.15) is 0 Å². The molecular formula is C12H12NO3-. The van der Waals surface area contributed by atoms with E-state index in [0.29, 0.717) is 6.54 Å². The molecule has 0 N–H and O–H groups in total. The van der Waals surface area contributed by atoms with Gasteiger partial charge in [0.2, 0.25) is 5.91 Å². The van der Waals surface area contributed by atoms with Crippen LogP contribution in [0.15, 0.2) is 24.3 Å². The minimum absolute atomic E-state index is 0.0636. The Morgan fingerprint density at radius 3 is 2.25 bits per heavy atom. The molecule has 0 saturated carbocycles. The van der Waals surface area contributed by atoms with Crippen LogP contribution in [0.1, 0.15) is 24.2 Å². The average molecular weight is 218 g/mol. The SMILES string of the molecule is CC1(C)CN(c2ccc(C(=O)[O-])cc2)C1=O. The molecule has 1 amide bonds. The number of amides is 1. The Labute approximate surface area is 93.5 Å². The zero-order valence-electron chi connectivity index (χ0n) is 9.19. The van der Waals surface area contributed by atoms with Gasteiger partial charge >= 0.3 is 0 Å². The third-order valence-electron chi connectivity index (χ3n) is 2.79. The van der Waals surface area contributed by atoms with Gasteiger partial charge in [-0.05, 0) is 31.5 Å². The summed E-state index contributed by atoms with van der Waals surface area (Å²) in [6, 6.07) is 6.14. The fraction of sp³-hybridized carbons (Fsp3) is 0.333. The van der Waals surface area contributed by atoms with E-state index < -0.39 is 5.97 Å². The number of carboxylic acids is 1. The van der Waals surface area contributed by atoms with Crippen LogP contribution in [0.5, 0.6) is 0 Å². The zero-order valence-corrected chi connectivity index (χ0v) is 9.19. The minimum Gasteiger partial charge on any atom is -0.545 e. The van der Waals surface area contributed by atoms with Crippen molar-refractivity contribution in [3.8, 4) is 0 Å². The first-order valence-electron chi connectivity index (χ1n) is 5.05. The monoisotopic (exact) mass is 218 g/mol. The van der Waals surface area contributed by atoms with Crippen molar-refractivity contribution in [1.82, 2.24) is 0 Å². The molecule has 0 bridgehead atoms. The topological polar surface area (TPSA) is 60.4 Å². The third kappa shape index (κ3) is 1.56. The number of rotatable bonds is 2. The lowest BCUT2D eigenvalue weighted by molar-refractivity contribution is -0.255. The van der Waals surface area contributed by atoms with Crippen molar-refractivity contribution in [1.29, 1.82) is 0 Å². The summed E-state index contributed by atoms with van der Waals surface area (Å²) in [6.07, 6.45) is 0. The predicted octanol–water partition coefficient (Wildman–Crippen LogP) is 0.423. The van der Waals surface area contributed by atoms with E-state index in [1.807, 2.05) is 13.8 Å². The van der Waals surface area contributed by atoms with Crippen LogP contribution >= 0.6 is 0 Å². The molecule has 4 heteroatoms. The van der Waals surface area contributed by atoms with Crippen LogP contribution in [0.25, 0.3) is 0 Å². The lowest BCUT2D eigenvalue weighted by atomic mass is 9.82. The van der Waals surface area contributed by atoms with Crippen LogP contribution in [-0.4, -0.2) is 18.4 Å². The molecule has 0 aliphatic carbocycles. The standard InChI is InChI=1S/C12H13NO3/c1-12(2)7-13(11(12)16)9-5-3-8(4-6-9)10(14)15/h3-6H,7H2,1-2H3,(H,14,15)/p-1. The predicted molar refractivity (Wildman–Crippen MR) is 56.9 cm³/mol. The lowest BCUT2D eigenvalue weighted by Gasteiger charge is -2.44. The van der Waals surface area contributed by atoms with E-state index in [1.165, 1.54) is 12.1 Å². The molecule has 2 rings (SSSR count). The quantitative estimate of drug-likeness (QED) is 0.676. The molecule has 1 heterocycles. The Kier molecular flexibility index (Phi) is 2.22. The molecule has 0 spiro atoms. The van der Waals surface area contributed by atoms with Crippen LogP contribution in [0.4, 0.5) is 5.69 Å². The average Bonchev–Trinajstić information content (AvgIpc) is 2.26. The van der Waals surface area contributed by atoms with Crippen molar-refractivity contribution in [2.24, 2.45) is 5.41 Å². The fourth-order valence-electron chi connectivity index (χ4n) is 1.79. The maximum atomic E-state index is 11.7. The first-order valence-corrected chi connectivity index (χ1v) is 5.05. The van der Waals surface area contributed by atoms with Gasteiger partial charge < -0.3 is 14.8 Å². The molecule has 1 aromatic carbocycles. The van der Waals surface area contributed by atoms with Gasteiger partial charge in [-0.15, -0.1) is 0 Å². The smallest absolute Gasteiger partial charge is 0.234 e. The normalized spacial score (nSPS) is 18.1. The Balaban J connectivity index is 2.19. The fourth-order valence-corrected chi connectivity index (χ4v) is 1.79. The highest BCUT2D eigenvalue weighted by Gasteiger charge is 2.44. The van der Waals surface area contributed by atoms with Gasteiger partial charge in [-0.1, -0.05) is 12.1 Å². The maximum Gasteiger partial charge on any atom is 0.234 e. The van der Waals surface area contributed by atoms with Gasteiger partial charge in [0.05, 0.1) is 11.4 Å². The molecule has 1 fully saturated rings. The Bertz CT molecular complexity index is 448. The van der Waals surface area contributed by atoms with E-state index >= 15 is 0 Å². The van der Waals surface area contributed by atoms with E-state index in [-0.39, 0.29) is 16.9 Å². The second kappa shape index (κ2) is 3.33. The summed E-state index contributed by atoms with van der Waals surface area (Å²) in [4.78, 5) is 23.9. The Hall–Kier alpha value is -1.84. The highest BCUT2D eigenvalue weighted by Crippen LogP contribution is 2.34. The van der Waals surface area contributed by atoms with Crippen LogP contribution in [-0.2, 0) is 4.79 Å². The first kappa shape index (κ1) is 10.7. The minimum atomic E-state index is -1.21. The number of β-lactam (4-membered cyclic amide) rings is 1. The maximum absolute atomic E-state index is 11.7. The number of carboxylic acid groups (broad SMARTS) is 1. The van der Waals surface area contributed by atoms with Crippen molar-refractivity contribution >= 4 is 17.6 Å². The van der Waals surface area contributed by atoms with Crippen LogP contribution in [0.3, 0.4) is 0 Å². The summed E-state index contributed by atoms with van der Waals surface area (Å²) < 4.78 is 0. The molecule has 1 aromatic rings. The summed E-state index contributed by atoms with van der Waals surface area (Å²) in [6.45, 7) is 4.44.